The number of aromatic nitrogens is 2. The van der Waals surface area contributed by atoms with E-state index in [1.807, 2.05) is 0 Å². The third-order valence-corrected chi connectivity index (χ3v) is 3.78. The van der Waals surface area contributed by atoms with Gasteiger partial charge in [0.25, 0.3) is 0 Å². The van der Waals surface area contributed by atoms with E-state index in [2.05, 4.69) is 9.82 Å². The first-order chi connectivity index (χ1) is 7.09. The summed E-state index contributed by atoms with van der Waals surface area (Å²) < 4.78 is 24.8. The van der Waals surface area contributed by atoms with Gasteiger partial charge >= 0.3 is 10.2 Å². The molecule has 2 rings (SSSR count). The maximum Gasteiger partial charge on any atom is 0.319 e. The number of aryl methyl sites for hydroxylation is 1. The van der Waals surface area contributed by atoms with Crippen molar-refractivity contribution in [2.75, 3.05) is 13.1 Å². The van der Waals surface area contributed by atoms with Gasteiger partial charge in [0.2, 0.25) is 0 Å². The fourth-order valence-electron chi connectivity index (χ4n) is 1.64. The molecule has 2 heterocycles. The maximum absolute atomic E-state index is 11.8. The second-order valence-electron chi connectivity index (χ2n) is 3.56. The summed E-state index contributed by atoms with van der Waals surface area (Å²) in [6, 6.07) is 0. The summed E-state index contributed by atoms with van der Waals surface area (Å²) in [5.74, 6) is 0.460. The third-order valence-electron chi connectivity index (χ3n) is 2.39. The minimum Gasteiger partial charge on any atom is -0.241 e. The van der Waals surface area contributed by atoms with Crippen LogP contribution in [0.2, 0.25) is 0 Å². The summed E-state index contributed by atoms with van der Waals surface area (Å²) in [5, 5.41) is 1.72. The van der Waals surface area contributed by atoms with Crippen LogP contribution in [0, 0.1) is 6.92 Å². The van der Waals surface area contributed by atoms with Gasteiger partial charge in [0, 0.05) is 25.5 Å². The molecule has 0 spiro atoms. The van der Waals surface area contributed by atoms with Gasteiger partial charge in [-0.2, -0.15) is 8.42 Å². The molecule has 1 fully saturated rings. The molecule has 0 aliphatic carbocycles. The molecule has 1 aliphatic rings. The number of hydrogen-bond donors (Lipinski definition) is 1. The molecule has 6 nitrogen and oxygen atoms in total. The van der Waals surface area contributed by atoms with E-state index < -0.39 is 10.2 Å². The van der Waals surface area contributed by atoms with Gasteiger partial charge in [-0.1, -0.05) is 0 Å². The lowest BCUT2D eigenvalue weighted by molar-refractivity contribution is 0.298. The third kappa shape index (κ3) is 2.19. The number of nitrogens with one attached hydrogen (secondary N) is 1. The zero-order valence-electron chi connectivity index (χ0n) is 8.55. The first-order valence-corrected chi connectivity index (χ1v) is 6.31. The van der Waals surface area contributed by atoms with Crippen molar-refractivity contribution in [2.45, 2.75) is 19.8 Å². The average Bonchev–Trinajstić information content (AvgIpc) is 2.75. The Morgan fingerprint density at radius 1 is 1.40 bits per heavy atom. The molecule has 0 bridgehead atoms. The highest BCUT2D eigenvalue weighted by Gasteiger charge is 2.21. The second-order valence-corrected chi connectivity index (χ2v) is 5.09. The van der Waals surface area contributed by atoms with Crippen molar-refractivity contribution < 1.29 is 8.42 Å². The van der Waals surface area contributed by atoms with E-state index >= 15 is 0 Å². The predicted octanol–water partition coefficient (Wildman–Crippen LogP) is -0.115. The van der Waals surface area contributed by atoms with E-state index in [4.69, 9.17) is 0 Å². The van der Waals surface area contributed by atoms with Crippen molar-refractivity contribution in [1.29, 1.82) is 0 Å². The smallest absolute Gasteiger partial charge is 0.241 e. The summed E-state index contributed by atoms with van der Waals surface area (Å²) in [6.45, 7) is 3.20. The monoisotopic (exact) mass is 230 g/mol. The van der Waals surface area contributed by atoms with E-state index in [-0.39, 0.29) is 0 Å². The molecule has 1 saturated heterocycles. The largest absolute Gasteiger partial charge is 0.319 e. The van der Waals surface area contributed by atoms with Crippen LogP contribution in [0.5, 0.6) is 0 Å². The molecule has 0 atom stereocenters. The Bertz CT molecular complexity index is 433. The van der Waals surface area contributed by atoms with Gasteiger partial charge in [-0.15, -0.1) is 4.83 Å². The quantitative estimate of drug-likeness (QED) is 0.786. The zero-order chi connectivity index (χ0) is 10.9. The van der Waals surface area contributed by atoms with Crippen LogP contribution < -0.4 is 4.83 Å². The molecule has 0 saturated carbocycles. The second kappa shape index (κ2) is 3.92. The number of rotatable bonds is 3. The van der Waals surface area contributed by atoms with Crippen LogP contribution in [0.4, 0.5) is 0 Å². The van der Waals surface area contributed by atoms with Gasteiger partial charge in [0.1, 0.15) is 5.82 Å². The molecule has 0 unspecified atom stereocenters. The van der Waals surface area contributed by atoms with Gasteiger partial charge in [0.05, 0.1) is 0 Å². The Morgan fingerprint density at radius 3 is 2.60 bits per heavy atom. The van der Waals surface area contributed by atoms with E-state index in [1.54, 1.807) is 11.9 Å². The molecule has 84 valence electrons. The van der Waals surface area contributed by atoms with Crippen LogP contribution >= 0.6 is 0 Å². The highest BCUT2D eigenvalue weighted by atomic mass is 32.2. The van der Waals surface area contributed by atoms with Crippen molar-refractivity contribution >= 4 is 10.2 Å². The highest BCUT2D eigenvalue weighted by Crippen LogP contribution is 2.07. The lowest BCUT2D eigenvalue weighted by Crippen LogP contribution is -2.42. The SMILES string of the molecule is Cc1nccn1S(=O)(=O)NN1CCCC1. The molecule has 1 aromatic heterocycles. The summed E-state index contributed by atoms with van der Waals surface area (Å²) >= 11 is 0. The Balaban J connectivity index is 2.16. The summed E-state index contributed by atoms with van der Waals surface area (Å²) in [4.78, 5) is 6.41. The first-order valence-electron chi connectivity index (χ1n) is 4.87. The number of imidazole rings is 1. The van der Waals surface area contributed by atoms with E-state index in [0.29, 0.717) is 5.82 Å². The fraction of sp³-hybridized carbons (Fsp3) is 0.625. The zero-order valence-corrected chi connectivity index (χ0v) is 9.37. The predicted molar refractivity (Wildman–Crippen MR) is 55.2 cm³/mol. The van der Waals surface area contributed by atoms with E-state index in [0.717, 1.165) is 29.9 Å². The lowest BCUT2D eigenvalue weighted by atomic mass is 10.4. The Hall–Kier alpha value is -0.920. The number of nitrogens with zero attached hydrogens (tertiary/aromatic N) is 3. The van der Waals surface area contributed by atoms with Crippen molar-refractivity contribution in [3.8, 4) is 0 Å². The minimum atomic E-state index is -3.50. The van der Waals surface area contributed by atoms with E-state index in [1.165, 1.54) is 12.4 Å². The molecule has 0 radical (unpaired) electrons. The van der Waals surface area contributed by atoms with Crippen molar-refractivity contribution in [2.24, 2.45) is 0 Å². The lowest BCUT2D eigenvalue weighted by Gasteiger charge is -2.17. The highest BCUT2D eigenvalue weighted by molar-refractivity contribution is 7.87. The van der Waals surface area contributed by atoms with Crippen LogP contribution in [-0.4, -0.2) is 35.5 Å². The summed E-state index contributed by atoms with van der Waals surface area (Å²) in [7, 11) is -3.50. The van der Waals surface area contributed by atoms with Crippen molar-refractivity contribution in [1.82, 2.24) is 18.8 Å². The molecule has 1 aromatic rings. The van der Waals surface area contributed by atoms with Crippen LogP contribution in [0.15, 0.2) is 12.4 Å². The van der Waals surface area contributed by atoms with Gasteiger partial charge in [-0.3, -0.25) is 0 Å². The van der Waals surface area contributed by atoms with Gasteiger partial charge in [0.15, 0.2) is 0 Å². The number of hydrogen-bond acceptors (Lipinski definition) is 4. The van der Waals surface area contributed by atoms with E-state index in [9.17, 15) is 8.42 Å². The maximum atomic E-state index is 11.8. The van der Waals surface area contributed by atoms with Gasteiger partial charge in [-0.25, -0.2) is 14.0 Å². The Kier molecular flexibility index (Phi) is 2.76. The fourth-order valence-corrected chi connectivity index (χ4v) is 2.84. The van der Waals surface area contributed by atoms with Gasteiger partial charge < -0.3 is 0 Å². The van der Waals surface area contributed by atoms with Crippen molar-refractivity contribution in [3.63, 3.8) is 0 Å². The van der Waals surface area contributed by atoms with Crippen molar-refractivity contribution in [3.05, 3.63) is 18.2 Å². The molecule has 1 aliphatic heterocycles. The van der Waals surface area contributed by atoms with Crippen LogP contribution in [0.25, 0.3) is 0 Å². The Labute approximate surface area is 89.1 Å². The van der Waals surface area contributed by atoms with Crippen LogP contribution in [0.3, 0.4) is 0 Å². The topological polar surface area (TPSA) is 67.2 Å². The molecule has 7 heteroatoms. The van der Waals surface area contributed by atoms with Gasteiger partial charge in [-0.05, 0) is 19.8 Å². The standard InChI is InChI=1S/C8H14N4O2S/c1-8-9-4-7-12(8)15(13,14)10-11-5-2-3-6-11/h4,7,10H,2-3,5-6H2,1H3. The molecule has 15 heavy (non-hydrogen) atoms. The molecule has 0 amide bonds. The minimum absolute atomic E-state index is 0.460. The molecule has 1 N–H and O–H groups in total. The average molecular weight is 230 g/mol. The van der Waals surface area contributed by atoms with Crippen LogP contribution in [0.1, 0.15) is 18.7 Å². The Morgan fingerprint density at radius 2 is 2.07 bits per heavy atom. The molecular weight excluding hydrogens is 216 g/mol. The number of hydrazine groups is 1. The first kappa shape index (κ1) is 10.6. The normalized spacial score (nSPS) is 18.5. The summed E-state index contributed by atoms with van der Waals surface area (Å²) in [5.41, 5.74) is 0. The molecule has 0 aromatic carbocycles. The van der Waals surface area contributed by atoms with Crippen LogP contribution in [-0.2, 0) is 10.2 Å². The summed E-state index contributed by atoms with van der Waals surface area (Å²) in [6.07, 6.45) is 4.98. The molecular formula is C8H14N4O2S.